The molecule has 0 saturated carbocycles. The average Bonchev–Trinajstić information content (AvgIpc) is 2.61. The number of nitrogens with zero attached hydrogens (tertiary/aromatic N) is 2. The number of anilines is 2. The van der Waals surface area contributed by atoms with Crippen LogP contribution in [0.3, 0.4) is 0 Å². The lowest BCUT2D eigenvalue weighted by molar-refractivity contribution is -0.128. The Morgan fingerprint density at radius 2 is 1.84 bits per heavy atom. The zero-order valence-corrected chi connectivity index (χ0v) is 13.9. The number of aromatic nitrogens is 1. The van der Waals surface area contributed by atoms with E-state index in [1.165, 1.54) is 29.4 Å². The fourth-order valence-electron chi connectivity index (χ4n) is 2.66. The van der Waals surface area contributed by atoms with Gasteiger partial charge in [-0.25, -0.2) is 4.79 Å². The van der Waals surface area contributed by atoms with E-state index in [2.05, 4.69) is 10.3 Å². The van der Waals surface area contributed by atoms with Gasteiger partial charge in [0.25, 0.3) is 5.91 Å². The first kappa shape index (κ1) is 16.6. The number of benzene rings is 1. The zero-order chi connectivity index (χ0) is 18.0. The van der Waals surface area contributed by atoms with E-state index in [4.69, 9.17) is 4.74 Å². The summed E-state index contributed by atoms with van der Waals surface area (Å²) < 4.78 is 5.10. The number of hydrogen-bond donors (Lipinski definition) is 1. The van der Waals surface area contributed by atoms with Crippen LogP contribution in [0.15, 0.2) is 48.8 Å². The molecule has 2 amide bonds. The van der Waals surface area contributed by atoms with Crippen LogP contribution in [0.1, 0.15) is 24.2 Å². The number of para-hydroxylation sites is 2. The molecule has 0 saturated heterocycles. The van der Waals surface area contributed by atoms with Gasteiger partial charge in [0.1, 0.15) is 5.54 Å². The van der Waals surface area contributed by atoms with Crippen LogP contribution in [0, 0.1) is 0 Å². The summed E-state index contributed by atoms with van der Waals surface area (Å²) in [6.07, 6.45) is 2.93. The van der Waals surface area contributed by atoms with Gasteiger partial charge in [0.2, 0.25) is 5.91 Å². The maximum atomic E-state index is 12.7. The van der Waals surface area contributed by atoms with E-state index in [-0.39, 0.29) is 5.91 Å². The van der Waals surface area contributed by atoms with Crippen LogP contribution in [0.25, 0.3) is 0 Å². The summed E-state index contributed by atoms with van der Waals surface area (Å²) in [6.45, 7) is 2.81. The molecule has 25 heavy (non-hydrogen) atoms. The van der Waals surface area contributed by atoms with Crippen molar-refractivity contribution in [1.82, 2.24) is 4.98 Å². The summed E-state index contributed by atoms with van der Waals surface area (Å²) in [5, 5.41) is 2.78. The highest BCUT2D eigenvalue weighted by Gasteiger charge is 2.43. The number of nitrogens with one attached hydrogen (secondary N) is 1. The number of hydrogen-bond acceptors (Lipinski definition) is 5. The Hall–Kier alpha value is -3.22. The molecule has 3 rings (SSSR count). The lowest BCUT2D eigenvalue weighted by Gasteiger charge is -2.41. The summed E-state index contributed by atoms with van der Waals surface area (Å²) in [5.41, 5.74) is 0.311. The number of esters is 1. The zero-order valence-electron chi connectivity index (χ0n) is 13.9. The Balaban J connectivity index is 1.81. The number of ether oxygens (including phenoxy) is 1. The molecule has 0 atom stereocenters. The monoisotopic (exact) mass is 339 g/mol. The van der Waals surface area contributed by atoms with Gasteiger partial charge in [-0.05, 0) is 38.1 Å². The third-order valence-electron chi connectivity index (χ3n) is 4.00. The average molecular weight is 339 g/mol. The first-order chi connectivity index (χ1) is 11.9. The molecule has 0 radical (unpaired) electrons. The summed E-state index contributed by atoms with van der Waals surface area (Å²) in [6, 6.07) is 9.99. The van der Waals surface area contributed by atoms with Crippen LogP contribution in [-0.4, -0.2) is 34.9 Å². The summed E-state index contributed by atoms with van der Waals surface area (Å²) in [5.74, 6) is -1.40. The van der Waals surface area contributed by atoms with Gasteiger partial charge in [-0.2, -0.15) is 0 Å². The second-order valence-electron chi connectivity index (χ2n) is 6.07. The summed E-state index contributed by atoms with van der Waals surface area (Å²) in [7, 11) is 0. The summed E-state index contributed by atoms with van der Waals surface area (Å²) >= 11 is 0. The molecular formula is C18H17N3O4. The van der Waals surface area contributed by atoms with E-state index in [1.807, 2.05) is 0 Å². The molecule has 128 valence electrons. The van der Waals surface area contributed by atoms with Crippen molar-refractivity contribution in [2.45, 2.75) is 19.4 Å². The van der Waals surface area contributed by atoms with Gasteiger partial charge < -0.3 is 10.1 Å². The topological polar surface area (TPSA) is 88.6 Å². The molecular weight excluding hydrogens is 322 g/mol. The van der Waals surface area contributed by atoms with Crippen LogP contribution in [0.4, 0.5) is 11.4 Å². The molecule has 7 heteroatoms. The van der Waals surface area contributed by atoms with Crippen molar-refractivity contribution >= 4 is 29.2 Å². The first-order valence-electron chi connectivity index (χ1n) is 7.72. The SMILES string of the molecule is CC1(C)C(=O)Nc2ccccc2N1C(=O)COC(=O)c1ccncc1. The number of amides is 2. The fraction of sp³-hybridized carbons (Fsp3) is 0.222. The quantitative estimate of drug-likeness (QED) is 0.864. The lowest BCUT2D eigenvalue weighted by atomic mass is 9.96. The van der Waals surface area contributed by atoms with Gasteiger partial charge in [0.05, 0.1) is 16.9 Å². The number of pyridine rings is 1. The number of carbonyl (C=O) groups excluding carboxylic acids is 3. The molecule has 1 aromatic carbocycles. The second kappa shape index (κ2) is 6.35. The van der Waals surface area contributed by atoms with Crippen molar-refractivity contribution in [1.29, 1.82) is 0 Å². The number of rotatable bonds is 3. The minimum absolute atomic E-state index is 0.304. The van der Waals surface area contributed by atoms with Gasteiger partial charge in [0, 0.05) is 12.4 Å². The molecule has 0 fully saturated rings. The van der Waals surface area contributed by atoms with Gasteiger partial charge in [-0.3, -0.25) is 19.5 Å². The predicted molar refractivity (Wildman–Crippen MR) is 91.2 cm³/mol. The van der Waals surface area contributed by atoms with Crippen LogP contribution in [0.5, 0.6) is 0 Å². The Bertz CT molecular complexity index is 833. The Morgan fingerprint density at radius 3 is 2.56 bits per heavy atom. The first-order valence-corrected chi connectivity index (χ1v) is 7.72. The molecule has 0 aliphatic carbocycles. The van der Waals surface area contributed by atoms with Crippen molar-refractivity contribution in [2.24, 2.45) is 0 Å². The molecule has 2 aromatic rings. The minimum Gasteiger partial charge on any atom is -0.452 e. The van der Waals surface area contributed by atoms with Gasteiger partial charge in [-0.1, -0.05) is 12.1 Å². The van der Waals surface area contributed by atoms with Crippen molar-refractivity contribution in [2.75, 3.05) is 16.8 Å². The van der Waals surface area contributed by atoms with E-state index in [9.17, 15) is 14.4 Å². The Kier molecular flexibility index (Phi) is 4.22. The number of fused-ring (bicyclic) bond motifs is 1. The van der Waals surface area contributed by atoms with Crippen molar-refractivity contribution in [3.8, 4) is 0 Å². The van der Waals surface area contributed by atoms with Crippen LogP contribution < -0.4 is 10.2 Å². The molecule has 0 bridgehead atoms. The predicted octanol–water partition coefficient (Wildman–Crippen LogP) is 2.00. The third kappa shape index (κ3) is 3.08. The molecule has 0 unspecified atom stereocenters. The Labute approximate surface area is 144 Å². The van der Waals surface area contributed by atoms with E-state index >= 15 is 0 Å². The maximum Gasteiger partial charge on any atom is 0.338 e. The molecule has 1 aliphatic heterocycles. The van der Waals surface area contributed by atoms with E-state index in [0.717, 1.165) is 0 Å². The summed E-state index contributed by atoms with van der Waals surface area (Å²) in [4.78, 5) is 42.2. The third-order valence-corrected chi connectivity index (χ3v) is 4.00. The molecule has 1 aromatic heterocycles. The van der Waals surface area contributed by atoms with Crippen molar-refractivity contribution < 1.29 is 19.1 Å². The minimum atomic E-state index is -1.10. The van der Waals surface area contributed by atoms with Crippen LogP contribution >= 0.6 is 0 Å². The highest BCUT2D eigenvalue weighted by Crippen LogP contribution is 2.36. The maximum absolute atomic E-state index is 12.7. The Morgan fingerprint density at radius 1 is 1.16 bits per heavy atom. The molecule has 1 N–H and O–H groups in total. The van der Waals surface area contributed by atoms with Crippen molar-refractivity contribution in [3.05, 3.63) is 54.4 Å². The van der Waals surface area contributed by atoms with Crippen LogP contribution in [-0.2, 0) is 14.3 Å². The highest BCUT2D eigenvalue weighted by molar-refractivity contribution is 6.14. The van der Waals surface area contributed by atoms with Gasteiger partial charge >= 0.3 is 5.97 Å². The normalized spacial score (nSPS) is 15.1. The van der Waals surface area contributed by atoms with E-state index in [1.54, 1.807) is 38.1 Å². The molecule has 2 heterocycles. The molecule has 7 nitrogen and oxygen atoms in total. The van der Waals surface area contributed by atoms with Crippen LogP contribution in [0.2, 0.25) is 0 Å². The van der Waals surface area contributed by atoms with Gasteiger partial charge in [-0.15, -0.1) is 0 Å². The van der Waals surface area contributed by atoms with Gasteiger partial charge in [0.15, 0.2) is 6.61 Å². The smallest absolute Gasteiger partial charge is 0.338 e. The fourth-order valence-corrected chi connectivity index (χ4v) is 2.66. The molecule has 0 spiro atoms. The standard InChI is InChI=1S/C18H17N3O4/c1-18(2)17(24)20-13-5-3-4-6-14(13)21(18)15(22)11-25-16(23)12-7-9-19-10-8-12/h3-10H,11H2,1-2H3,(H,20,24). The molecule has 1 aliphatic rings. The van der Waals surface area contributed by atoms with E-state index in [0.29, 0.717) is 16.9 Å². The number of carbonyl (C=O) groups is 3. The van der Waals surface area contributed by atoms with E-state index < -0.39 is 24.0 Å². The second-order valence-corrected chi connectivity index (χ2v) is 6.07. The highest BCUT2D eigenvalue weighted by atomic mass is 16.5. The largest absolute Gasteiger partial charge is 0.452 e. The lowest BCUT2D eigenvalue weighted by Crippen LogP contribution is -2.59. The van der Waals surface area contributed by atoms with Crippen molar-refractivity contribution in [3.63, 3.8) is 0 Å².